The second-order valence-corrected chi connectivity index (χ2v) is 4.09. The molecule has 17 heavy (non-hydrogen) atoms. The predicted molar refractivity (Wildman–Crippen MR) is 65.5 cm³/mol. The van der Waals surface area contributed by atoms with Crippen molar-refractivity contribution in [3.05, 3.63) is 23.3 Å². The molecule has 1 aromatic rings. The van der Waals surface area contributed by atoms with Gasteiger partial charge in [-0.25, -0.2) is 0 Å². The Kier molecular flexibility index (Phi) is 4.23. The highest BCUT2D eigenvalue weighted by atomic mass is 16.6. The summed E-state index contributed by atoms with van der Waals surface area (Å²) in [5.74, 6) is 1.66. The topological polar surface area (TPSA) is 53.7 Å². The maximum atomic E-state index is 5.58. The van der Waals surface area contributed by atoms with E-state index in [4.69, 9.17) is 19.9 Å². The van der Waals surface area contributed by atoms with E-state index >= 15 is 0 Å². The first-order valence-electron chi connectivity index (χ1n) is 5.95. The molecule has 0 spiro atoms. The molecule has 4 heteroatoms. The van der Waals surface area contributed by atoms with Crippen molar-refractivity contribution in [3.63, 3.8) is 0 Å². The van der Waals surface area contributed by atoms with Gasteiger partial charge < -0.3 is 19.9 Å². The summed E-state index contributed by atoms with van der Waals surface area (Å²) >= 11 is 0. The van der Waals surface area contributed by atoms with Crippen LogP contribution in [0.2, 0.25) is 0 Å². The Labute approximate surface area is 102 Å². The molecule has 0 aromatic heterocycles. The highest BCUT2D eigenvalue weighted by molar-refractivity contribution is 5.48. The number of fused-ring (bicyclic) bond motifs is 1. The summed E-state index contributed by atoms with van der Waals surface area (Å²) < 4.78 is 16.4. The SMILES string of the molecule is COCc1cc2c(cc1CCCN)OCCO2. The molecule has 2 N–H and O–H groups in total. The third kappa shape index (κ3) is 2.90. The fraction of sp³-hybridized carbons (Fsp3) is 0.538. The lowest BCUT2D eigenvalue weighted by molar-refractivity contribution is 0.167. The van der Waals surface area contributed by atoms with Crippen molar-refractivity contribution in [2.75, 3.05) is 26.9 Å². The normalized spacial score (nSPS) is 13.8. The number of hydrogen-bond donors (Lipinski definition) is 1. The van der Waals surface area contributed by atoms with Crippen LogP contribution in [0, 0.1) is 0 Å². The largest absolute Gasteiger partial charge is 0.486 e. The average Bonchev–Trinajstić information content (AvgIpc) is 2.36. The van der Waals surface area contributed by atoms with Crippen LogP contribution in [0.3, 0.4) is 0 Å². The average molecular weight is 237 g/mol. The molecular weight excluding hydrogens is 218 g/mol. The first-order valence-corrected chi connectivity index (χ1v) is 5.95. The molecule has 0 atom stereocenters. The van der Waals surface area contributed by atoms with Gasteiger partial charge in [0.25, 0.3) is 0 Å². The molecule has 0 saturated heterocycles. The standard InChI is InChI=1S/C13H19NO3/c1-15-9-11-8-13-12(16-5-6-17-13)7-10(11)3-2-4-14/h7-8H,2-6,9,14H2,1H3. The molecule has 1 aliphatic rings. The van der Waals surface area contributed by atoms with Gasteiger partial charge in [0, 0.05) is 7.11 Å². The van der Waals surface area contributed by atoms with Crippen LogP contribution in [0.15, 0.2) is 12.1 Å². The first kappa shape index (κ1) is 12.2. The van der Waals surface area contributed by atoms with Crippen molar-refractivity contribution in [3.8, 4) is 11.5 Å². The summed E-state index contributed by atoms with van der Waals surface area (Å²) in [4.78, 5) is 0. The second kappa shape index (κ2) is 5.89. The Morgan fingerprint density at radius 1 is 1.18 bits per heavy atom. The van der Waals surface area contributed by atoms with Gasteiger partial charge in [-0.15, -0.1) is 0 Å². The fourth-order valence-corrected chi connectivity index (χ4v) is 1.99. The van der Waals surface area contributed by atoms with Crippen molar-refractivity contribution in [1.29, 1.82) is 0 Å². The molecule has 0 aliphatic carbocycles. The number of benzene rings is 1. The smallest absolute Gasteiger partial charge is 0.161 e. The molecule has 2 rings (SSSR count). The summed E-state index contributed by atoms with van der Waals surface area (Å²) in [6.45, 7) is 2.52. The molecule has 1 aliphatic heterocycles. The molecule has 0 saturated carbocycles. The highest BCUT2D eigenvalue weighted by Crippen LogP contribution is 2.33. The molecule has 0 unspecified atom stereocenters. The van der Waals surface area contributed by atoms with E-state index < -0.39 is 0 Å². The van der Waals surface area contributed by atoms with Gasteiger partial charge >= 0.3 is 0 Å². The predicted octanol–water partition coefficient (Wildman–Crippen LogP) is 1.50. The third-order valence-electron chi connectivity index (χ3n) is 2.81. The van der Waals surface area contributed by atoms with Gasteiger partial charge in [-0.3, -0.25) is 0 Å². The molecule has 0 radical (unpaired) electrons. The molecule has 0 amide bonds. The zero-order valence-electron chi connectivity index (χ0n) is 10.2. The van der Waals surface area contributed by atoms with E-state index in [2.05, 4.69) is 6.07 Å². The molecule has 1 heterocycles. The maximum absolute atomic E-state index is 5.58. The number of methoxy groups -OCH3 is 1. The van der Waals surface area contributed by atoms with Gasteiger partial charge in [0.05, 0.1) is 6.61 Å². The fourth-order valence-electron chi connectivity index (χ4n) is 1.99. The minimum atomic E-state index is 0.594. The Balaban J connectivity index is 2.26. The van der Waals surface area contributed by atoms with Crippen molar-refractivity contribution in [2.45, 2.75) is 19.4 Å². The number of rotatable bonds is 5. The van der Waals surface area contributed by atoms with E-state index in [1.807, 2.05) is 6.07 Å². The van der Waals surface area contributed by atoms with Crippen LogP contribution in [0.25, 0.3) is 0 Å². The van der Waals surface area contributed by atoms with Gasteiger partial charge in [-0.1, -0.05) is 0 Å². The molecule has 94 valence electrons. The van der Waals surface area contributed by atoms with E-state index in [1.54, 1.807) is 7.11 Å². The Morgan fingerprint density at radius 2 is 1.82 bits per heavy atom. The number of ether oxygens (including phenoxy) is 3. The molecular formula is C13H19NO3. The Hall–Kier alpha value is -1.26. The van der Waals surface area contributed by atoms with Crippen molar-refractivity contribution < 1.29 is 14.2 Å². The van der Waals surface area contributed by atoms with Crippen LogP contribution in [0.5, 0.6) is 11.5 Å². The van der Waals surface area contributed by atoms with E-state index in [0.717, 1.165) is 29.9 Å². The molecule has 0 bridgehead atoms. The third-order valence-corrected chi connectivity index (χ3v) is 2.81. The van der Waals surface area contributed by atoms with Gasteiger partial charge in [0.15, 0.2) is 11.5 Å². The summed E-state index contributed by atoms with van der Waals surface area (Å²) in [6, 6.07) is 4.07. The zero-order chi connectivity index (χ0) is 12.1. The van der Waals surface area contributed by atoms with Crippen molar-refractivity contribution in [2.24, 2.45) is 5.73 Å². The monoisotopic (exact) mass is 237 g/mol. The lowest BCUT2D eigenvalue weighted by Gasteiger charge is -2.21. The molecule has 0 fully saturated rings. The molecule has 4 nitrogen and oxygen atoms in total. The number of aryl methyl sites for hydroxylation is 1. The number of hydrogen-bond acceptors (Lipinski definition) is 4. The summed E-state index contributed by atoms with van der Waals surface area (Å²) in [5, 5.41) is 0. The van der Waals surface area contributed by atoms with E-state index in [9.17, 15) is 0 Å². The number of nitrogens with two attached hydrogens (primary N) is 1. The van der Waals surface area contributed by atoms with E-state index in [0.29, 0.717) is 26.4 Å². The molecule has 1 aromatic carbocycles. The van der Waals surface area contributed by atoms with Crippen molar-refractivity contribution in [1.82, 2.24) is 0 Å². The summed E-state index contributed by atoms with van der Waals surface area (Å²) in [5.41, 5.74) is 7.95. The van der Waals surface area contributed by atoms with Gasteiger partial charge in [0.2, 0.25) is 0 Å². The minimum absolute atomic E-state index is 0.594. The second-order valence-electron chi connectivity index (χ2n) is 4.09. The van der Waals surface area contributed by atoms with Crippen LogP contribution in [0.1, 0.15) is 17.5 Å². The Bertz CT molecular complexity index is 379. The van der Waals surface area contributed by atoms with Crippen LogP contribution < -0.4 is 15.2 Å². The maximum Gasteiger partial charge on any atom is 0.161 e. The van der Waals surface area contributed by atoms with Gasteiger partial charge in [0.1, 0.15) is 13.2 Å². The van der Waals surface area contributed by atoms with E-state index in [1.165, 1.54) is 5.56 Å². The van der Waals surface area contributed by atoms with Crippen LogP contribution in [-0.4, -0.2) is 26.9 Å². The highest BCUT2D eigenvalue weighted by Gasteiger charge is 2.15. The van der Waals surface area contributed by atoms with E-state index in [-0.39, 0.29) is 0 Å². The van der Waals surface area contributed by atoms with Gasteiger partial charge in [-0.05, 0) is 42.6 Å². The van der Waals surface area contributed by atoms with Crippen LogP contribution in [-0.2, 0) is 17.8 Å². The van der Waals surface area contributed by atoms with Crippen LogP contribution >= 0.6 is 0 Å². The first-order chi connectivity index (χ1) is 8.35. The van der Waals surface area contributed by atoms with Crippen LogP contribution in [0.4, 0.5) is 0 Å². The Morgan fingerprint density at radius 3 is 2.41 bits per heavy atom. The minimum Gasteiger partial charge on any atom is -0.486 e. The summed E-state index contributed by atoms with van der Waals surface area (Å²) in [6.07, 6.45) is 1.92. The van der Waals surface area contributed by atoms with Gasteiger partial charge in [-0.2, -0.15) is 0 Å². The van der Waals surface area contributed by atoms with Crippen molar-refractivity contribution >= 4 is 0 Å². The lowest BCUT2D eigenvalue weighted by atomic mass is 10.0. The quantitative estimate of drug-likeness (QED) is 0.843. The lowest BCUT2D eigenvalue weighted by Crippen LogP contribution is -2.16. The zero-order valence-corrected chi connectivity index (χ0v) is 10.2. The summed E-state index contributed by atoms with van der Waals surface area (Å²) in [7, 11) is 1.70.